The van der Waals surface area contributed by atoms with Crippen LogP contribution in [0.25, 0.3) is 0 Å². The van der Waals surface area contributed by atoms with Crippen molar-refractivity contribution in [2.24, 2.45) is 5.92 Å². The zero-order valence-corrected chi connectivity index (χ0v) is 30.0. The molecule has 0 aliphatic carbocycles. The number of amides is 1. The molecule has 0 aromatic heterocycles. The van der Waals surface area contributed by atoms with Crippen molar-refractivity contribution in [2.45, 2.75) is 148 Å². The van der Waals surface area contributed by atoms with E-state index in [9.17, 15) is 4.79 Å². The van der Waals surface area contributed by atoms with Gasteiger partial charge in [-0.2, -0.15) is 0 Å². The minimum Gasteiger partial charge on any atom is -0.379 e. The Labute approximate surface area is 282 Å². The lowest BCUT2D eigenvalue weighted by molar-refractivity contribution is -0.134. The van der Waals surface area contributed by atoms with E-state index in [1.165, 1.54) is 44.9 Å². The second-order valence-electron chi connectivity index (χ2n) is 12.9. The van der Waals surface area contributed by atoms with E-state index in [1.807, 2.05) is 17.0 Å². The van der Waals surface area contributed by atoms with E-state index in [1.54, 1.807) is 0 Å². The molecule has 1 aliphatic heterocycles. The lowest BCUT2D eigenvalue weighted by Gasteiger charge is -2.39. The van der Waals surface area contributed by atoms with Crippen molar-refractivity contribution in [1.82, 2.24) is 4.90 Å². The number of allylic oxidation sites excluding steroid dienone is 3. The van der Waals surface area contributed by atoms with Gasteiger partial charge >= 0.3 is 0 Å². The molecule has 1 saturated heterocycles. The maximum Gasteiger partial charge on any atom is 0.229 e. The molecular formula is C39H65NO4S. The molecule has 2 rings (SSSR count). The molecule has 256 valence electrons. The van der Waals surface area contributed by atoms with Crippen molar-refractivity contribution in [1.29, 1.82) is 0 Å². The van der Waals surface area contributed by atoms with Crippen molar-refractivity contribution in [2.75, 3.05) is 26.4 Å². The van der Waals surface area contributed by atoms with Crippen LogP contribution in [0.3, 0.4) is 0 Å². The number of carbonyl (C=O) groups excluding carboxylic acids is 1. The number of thiol groups is 1. The minimum absolute atomic E-state index is 0.0766. The van der Waals surface area contributed by atoms with Gasteiger partial charge in [0.15, 0.2) is 5.56 Å². The highest BCUT2D eigenvalue weighted by molar-refractivity contribution is 7.80. The van der Waals surface area contributed by atoms with Crippen LogP contribution in [0.1, 0.15) is 136 Å². The fourth-order valence-corrected chi connectivity index (χ4v) is 6.83. The third-order valence-electron chi connectivity index (χ3n) is 8.69. The number of nitrogens with zero attached hydrogens (tertiary/aromatic N) is 1. The molecule has 1 aliphatic rings. The Kier molecular flexibility index (Phi) is 21.6. The molecule has 1 aromatic rings. The van der Waals surface area contributed by atoms with Crippen LogP contribution in [-0.2, 0) is 24.6 Å². The zero-order chi connectivity index (χ0) is 32.6. The molecule has 0 spiro atoms. The van der Waals surface area contributed by atoms with Gasteiger partial charge in [-0.05, 0) is 62.8 Å². The van der Waals surface area contributed by atoms with Crippen LogP contribution in [0.15, 0.2) is 54.6 Å². The first-order valence-corrected chi connectivity index (χ1v) is 18.7. The molecule has 1 fully saturated rings. The Morgan fingerprint density at radius 3 is 2.04 bits per heavy atom. The molecule has 0 radical (unpaired) electrons. The van der Waals surface area contributed by atoms with E-state index >= 15 is 0 Å². The summed E-state index contributed by atoms with van der Waals surface area (Å²) in [6.45, 7) is 11.9. The Morgan fingerprint density at radius 1 is 0.800 bits per heavy atom. The number of carbonyl (C=O) groups is 1. The first-order valence-electron chi connectivity index (χ1n) is 18.2. The van der Waals surface area contributed by atoms with Gasteiger partial charge in [0.25, 0.3) is 0 Å². The first-order chi connectivity index (χ1) is 22.0. The third kappa shape index (κ3) is 14.8. The summed E-state index contributed by atoms with van der Waals surface area (Å²) in [6.07, 6.45) is 26.2. The molecule has 1 heterocycles. The molecule has 0 bridgehead atoms. The molecule has 5 nitrogen and oxygen atoms in total. The number of hydrogen-bond donors (Lipinski definition) is 1. The summed E-state index contributed by atoms with van der Waals surface area (Å²) in [5.41, 5.74) is 0.0151. The van der Waals surface area contributed by atoms with Gasteiger partial charge in [0.05, 0.1) is 19.3 Å². The highest BCUT2D eigenvalue weighted by Crippen LogP contribution is 2.48. The summed E-state index contributed by atoms with van der Waals surface area (Å²) in [6, 6.07) is 10.4. The maximum absolute atomic E-state index is 13.6. The summed E-state index contributed by atoms with van der Waals surface area (Å²) in [5, 5.41) is 0. The van der Waals surface area contributed by atoms with Gasteiger partial charge in [-0.25, -0.2) is 0 Å². The fraction of sp³-hybridized carbons (Fsp3) is 0.718. The Hall–Kier alpha value is -1.60. The zero-order valence-electron chi connectivity index (χ0n) is 29.1. The van der Waals surface area contributed by atoms with E-state index in [4.69, 9.17) is 26.8 Å². The van der Waals surface area contributed by atoms with Gasteiger partial charge in [0.2, 0.25) is 5.91 Å². The smallest absolute Gasteiger partial charge is 0.229 e. The van der Waals surface area contributed by atoms with E-state index in [2.05, 4.69) is 70.2 Å². The van der Waals surface area contributed by atoms with Crippen molar-refractivity contribution in [3.8, 4) is 0 Å². The van der Waals surface area contributed by atoms with Crippen LogP contribution in [0, 0.1) is 5.92 Å². The Bertz CT molecular complexity index is 936. The fourth-order valence-electron chi connectivity index (χ4n) is 6.37. The van der Waals surface area contributed by atoms with Crippen molar-refractivity contribution >= 4 is 18.5 Å². The van der Waals surface area contributed by atoms with Gasteiger partial charge < -0.3 is 19.1 Å². The molecular weight excluding hydrogens is 578 g/mol. The molecule has 1 amide bonds. The normalized spacial score (nSPS) is 20.4. The molecule has 2 unspecified atom stereocenters. The summed E-state index contributed by atoms with van der Waals surface area (Å²) in [4.78, 5) is 15.5. The topological polar surface area (TPSA) is 48.0 Å². The van der Waals surface area contributed by atoms with Crippen molar-refractivity contribution < 1.29 is 19.0 Å². The van der Waals surface area contributed by atoms with Crippen molar-refractivity contribution in [3.05, 3.63) is 60.2 Å². The van der Waals surface area contributed by atoms with Crippen LogP contribution in [0.2, 0.25) is 0 Å². The lowest BCUT2D eigenvalue weighted by Crippen LogP contribution is -2.49. The number of benzene rings is 1. The summed E-state index contributed by atoms with van der Waals surface area (Å²) in [7, 11) is 0. The Balaban J connectivity index is 1.73. The number of rotatable bonds is 26. The molecule has 6 heteroatoms. The monoisotopic (exact) mass is 643 g/mol. The summed E-state index contributed by atoms with van der Waals surface area (Å²) >= 11 is 4.82. The van der Waals surface area contributed by atoms with E-state index in [-0.39, 0.29) is 17.9 Å². The van der Waals surface area contributed by atoms with E-state index in [0.717, 1.165) is 70.1 Å². The average Bonchev–Trinajstić information content (AvgIpc) is 3.35. The lowest BCUT2D eigenvalue weighted by atomic mass is 9.77. The number of unbranched alkanes of at least 4 members (excludes halogenated alkanes) is 10. The maximum atomic E-state index is 13.6. The third-order valence-corrected chi connectivity index (χ3v) is 9.04. The van der Waals surface area contributed by atoms with Crippen LogP contribution in [-0.4, -0.2) is 48.8 Å². The minimum atomic E-state index is -0.565. The first kappa shape index (κ1) is 39.6. The predicted octanol–water partition coefficient (Wildman–Crippen LogP) is 10.4. The van der Waals surface area contributed by atoms with Gasteiger partial charge in [0, 0.05) is 19.6 Å². The van der Waals surface area contributed by atoms with Gasteiger partial charge in [-0.3, -0.25) is 4.79 Å². The van der Waals surface area contributed by atoms with E-state index < -0.39 is 11.2 Å². The molecule has 0 saturated carbocycles. The van der Waals surface area contributed by atoms with Gasteiger partial charge in [-0.1, -0.05) is 127 Å². The molecule has 1 aromatic carbocycles. The van der Waals surface area contributed by atoms with Crippen LogP contribution in [0.5, 0.6) is 0 Å². The average molecular weight is 644 g/mol. The highest BCUT2D eigenvalue weighted by atomic mass is 32.1. The van der Waals surface area contributed by atoms with Crippen LogP contribution >= 0.6 is 12.6 Å². The van der Waals surface area contributed by atoms with E-state index in [0.29, 0.717) is 19.6 Å². The molecule has 3 atom stereocenters. The largest absolute Gasteiger partial charge is 0.379 e. The SMILES string of the molecule is CCC/C=C\CCCC1(c2ccccc2)OC(S)N(C(=O)C/C=C/CCCCCCOCCOCCCCCCC)[C@H]1C(C)C. The molecule has 45 heavy (non-hydrogen) atoms. The molecule has 0 N–H and O–H groups in total. The second-order valence-corrected chi connectivity index (χ2v) is 13.3. The quantitative estimate of drug-likeness (QED) is 0.0620. The van der Waals surface area contributed by atoms with Crippen molar-refractivity contribution in [3.63, 3.8) is 0 Å². The van der Waals surface area contributed by atoms with Crippen LogP contribution in [0.4, 0.5) is 0 Å². The standard InChI is InChI=1S/C39H65NO4S/c1-5-7-9-11-16-23-29-39(35-26-20-19-21-27-35)37(34(3)4)40(38(45)44-39)36(41)28-22-15-13-12-14-18-25-31-43-33-32-42-30-24-17-10-8-6-2/h9,11,15,19-22,26-27,34,37-38,45H,5-8,10,12-14,16-18,23-25,28-33H2,1-4H3/b11-9-,22-15+/t37-,38?,39?/m0/s1. The predicted molar refractivity (Wildman–Crippen MR) is 193 cm³/mol. The summed E-state index contributed by atoms with van der Waals surface area (Å²) in [5.74, 6) is 0.311. The summed E-state index contributed by atoms with van der Waals surface area (Å²) < 4.78 is 18.1. The number of ether oxygens (including phenoxy) is 3. The van der Waals surface area contributed by atoms with Crippen LogP contribution < -0.4 is 0 Å². The highest BCUT2D eigenvalue weighted by Gasteiger charge is 2.55. The van der Waals surface area contributed by atoms with Gasteiger partial charge in [0.1, 0.15) is 5.60 Å². The Morgan fingerprint density at radius 2 is 1.40 bits per heavy atom. The van der Waals surface area contributed by atoms with Gasteiger partial charge in [-0.15, -0.1) is 12.6 Å². The number of hydrogen-bond acceptors (Lipinski definition) is 5. The second kappa shape index (κ2) is 24.6.